The Bertz CT molecular complexity index is 546. The molecular weight excluding hydrogens is 310 g/mol. The van der Waals surface area contributed by atoms with Gasteiger partial charge in [-0.05, 0) is 11.1 Å². The van der Waals surface area contributed by atoms with Crippen LogP contribution in [0.3, 0.4) is 0 Å². The standard InChI is InChI=1S/C14H12.O5P2/c1-3-7-13(8-4-1)11-12-14-9-5-2-6-10-14;1-6(2)5-7(3)4/h1-12H;/p+2. The zero-order valence-electron chi connectivity index (χ0n) is 10.9. The molecule has 0 aliphatic rings. The van der Waals surface area contributed by atoms with Crippen LogP contribution in [0.25, 0.3) is 12.2 Å². The summed E-state index contributed by atoms with van der Waals surface area (Å²) in [5, 5.41) is 0. The van der Waals surface area contributed by atoms with Gasteiger partial charge in [-0.1, -0.05) is 72.8 Å². The Hall–Kier alpha value is -1.74. The molecule has 2 rings (SSSR count). The summed E-state index contributed by atoms with van der Waals surface area (Å²) in [6, 6.07) is 20.6. The van der Waals surface area contributed by atoms with Crippen molar-refractivity contribution in [3.63, 3.8) is 0 Å². The Balaban J connectivity index is 0.000000270. The minimum Gasteiger partial charge on any atom is -0.131 e. The first-order valence-corrected chi connectivity index (χ1v) is 8.12. The van der Waals surface area contributed by atoms with Crippen LogP contribution in [-0.4, -0.2) is 9.79 Å². The van der Waals surface area contributed by atoms with Gasteiger partial charge >= 0.3 is 16.5 Å². The Kier molecular flexibility index (Phi) is 8.29. The molecule has 5 nitrogen and oxygen atoms in total. The van der Waals surface area contributed by atoms with Gasteiger partial charge in [0.05, 0.1) is 0 Å². The molecule has 2 aromatic carbocycles. The summed E-state index contributed by atoms with van der Waals surface area (Å²) >= 11 is 0. The average Bonchev–Trinajstić information content (AvgIpc) is 2.46. The van der Waals surface area contributed by atoms with Crippen molar-refractivity contribution in [1.29, 1.82) is 0 Å². The van der Waals surface area contributed by atoms with E-state index >= 15 is 0 Å². The van der Waals surface area contributed by atoms with E-state index in [1.807, 2.05) is 36.4 Å². The highest BCUT2D eigenvalue weighted by Gasteiger charge is 2.31. The first-order valence-electron chi connectivity index (χ1n) is 5.86. The van der Waals surface area contributed by atoms with Crippen molar-refractivity contribution in [1.82, 2.24) is 0 Å². The smallest absolute Gasteiger partial charge is 0.131 e. The van der Waals surface area contributed by atoms with Crippen LogP contribution in [0.15, 0.2) is 60.7 Å². The molecule has 0 aromatic heterocycles. The second kappa shape index (κ2) is 10.1. The Morgan fingerprint density at radius 1 is 0.714 bits per heavy atom. The summed E-state index contributed by atoms with van der Waals surface area (Å²) in [5.41, 5.74) is 2.47. The topological polar surface area (TPSA) is 83.8 Å². The summed E-state index contributed by atoms with van der Waals surface area (Å²) in [6.45, 7) is 0. The molecule has 2 N–H and O–H groups in total. The van der Waals surface area contributed by atoms with Gasteiger partial charge < -0.3 is 0 Å². The Labute approximate surface area is 124 Å². The molecule has 0 heterocycles. The minimum atomic E-state index is -2.92. The van der Waals surface area contributed by atoms with Crippen molar-refractivity contribution >= 4 is 28.7 Å². The molecule has 0 fully saturated rings. The molecule has 0 aliphatic carbocycles. The lowest BCUT2D eigenvalue weighted by molar-refractivity contribution is 0.371. The quantitative estimate of drug-likeness (QED) is 0.652. The summed E-state index contributed by atoms with van der Waals surface area (Å²) in [6.07, 6.45) is 4.24. The van der Waals surface area contributed by atoms with Crippen LogP contribution < -0.4 is 0 Å². The maximum absolute atomic E-state index is 9.39. The monoisotopic (exact) mass is 324 g/mol. The molecule has 2 unspecified atom stereocenters. The predicted octanol–water partition coefficient (Wildman–Crippen LogP) is 4.16. The maximum Gasteiger partial charge on any atom is 0.745 e. The van der Waals surface area contributed by atoms with Gasteiger partial charge in [0.2, 0.25) is 0 Å². The van der Waals surface area contributed by atoms with Gasteiger partial charge in [0.15, 0.2) is 4.31 Å². The highest BCUT2D eigenvalue weighted by Crippen LogP contribution is 2.30. The zero-order chi connectivity index (χ0) is 15.5. The summed E-state index contributed by atoms with van der Waals surface area (Å²) in [7, 11) is -5.85. The molecule has 0 aliphatic heterocycles. The molecule has 0 radical (unpaired) electrons. The van der Waals surface area contributed by atoms with E-state index in [9.17, 15) is 9.13 Å². The van der Waals surface area contributed by atoms with E-state index in [0.29, 0.717) is 0 Å². The molecule has 21 heavy (non-hydrogen) atoms. The average molecular weight is 324 g/mol. The summed E-state index contributed by atoms with van der Waals surface area (Å²) in [4.78, 5) is 15.3. The molecule has 108 valence electrons. The van der Waals surface area contributed by atoms with Crippen LogP contribution in [0.1, 0.15) is 11.1 Å². The number of hydrogen-bond acceptors (Lipinski definition) is 3. The Morgan fingerprint density at radius 3 is 1.29 bits per heavy atom. The van der Waals surface area contributed by atoms with Crippen molar-refractivity contribution in [2.24, 2.45) is 0 Å². The van der Waals surface area contributed by atoms with Crippen LogP contribution in [0.5, 0.6) is 0 Å². The second-order valence-corrected chi connectivity index (χ2v) is 5.32. The summed E-state index contributed by atoms with van der Waals surface area (Å²) in [5.74, 6) is 0. The fourth-order valence-corrected chi connectivity index (χ4v) is 1.86. The highest BCUT2D eigenvalue weighted by molar-refractivity contribution is 7.46. The lowest BCUT2D eigenvalue weighted by Gasteiger charge is -1.92. The minimum absolute atomic E-state index is 1.23. The highest BCUT2D eigenvalue weighted by atomic mass is 31.2. The third-order valence-electron chi connectivity index (χ3n) is 2.21. The molecule has 2 atom stereocenters. The van der Waals surface area contributed by atoms with Crippen molar-refractivity contribution in [2.45, 2.75) is 0 Å². The zero-order valence-corrected chi connectivity index (χ0v) is 12.7. The van der Waals surface area contributed by atoms with Crippen LogP contribution in [-0.2, 0) is 13.4 Å². The first kappa shape index (κ1) is 17.3. The fraction of sp³-hybridized carbons (Fsp3) is 0. The third-order valence-corrected chi connectivity index (χ3v) is 3.32. The molecule has 0 bridgehead atoms. The van der Waals surface area contributed by atoms with Gasteiger partial charge in [-0.3, -0.25) is 0 Å². The first-order chi connectivity index (χ1) is 10.1. The molecule has 0 saturated heterocycles. The van der Waals surface area contributed by atoms with E-state index in [-0.39, 0.29) is 0 Å². The normalized spacial score (nSPS) is 11.5. The van der Waals surface area contributed by atoms with E-state index in [1.54, 1.807) is 0 Å². The molecule has 7 heteroatoms. The van der Waals surface area contributed by atoms with Gasteiger partial charge in [0.25, 0.3) is 0 Å². The maximum atomic E-state index is 9.39. The SMILES string of the molecule is C(=Cc1ccccc1)c1ccccc1.O=[P+](O)O[P+](=O)O. The fourth-order valence-electron chi connectivity index (χ4n) is 1.38. The van der Waals surface area contributed by atoms with E-state index in [2.05, 4.69) is 40.7 Å². The van der Waals surface area contributed by atoms with Crippen LogP contribution >= 0.6 is 16.5 Å². The van der Waals surface area contributed by atoms with Crippen LogP contribution in [0.4, 0.5) is 0 Å². The van der Waals surface area contributed by atoms with Crippen LogP contribution in [0.2, 0.25) is 0 Å². The van der Waals surface area contributed by atoms with E-state index in [4.69, 9.17) is 9.79 Å². The lowest BCUT2D eigenvalue weighted by Crippen LogP contribution is -1.70. The summed E-state index contributed by atoms with van der Waals surface area (Å²) < 4.78 is 22.2. The van der Waals surface area contributed by atoms with Crippen molar-refractivity contribution in [3.8, 4) is 0 Å². The number of hydrogen-bond donors (Lipinski definition) is 2. The van der Waals surface area contributed by atoms with Gasteiger partial charge in [0, 0.05) is 9.13 Å². The molecule has 2 aromatic rings. The Morgan fingerprint density at radius 2 is 1.05 bits per heavy atom. The largest absolute Gasteiger partial charge is 0.745 e. The van der Waals surface area contributed by atoms with Crippen molar-refractivity contribution < 1.29 is 23.2 Å². The molecular formula is C14H14O5P2+2. The molecule has 0 amide bonds. The van der Waals surface area contributed by atoms with Gasteiger partial charge in [-0.25, -0.2) is 0 Å². The van der Waals surface area contributed by atoms with E-state index in [0.717, 1.165) is 0 Å². The molecule has 0 saturated carbocycles. The predicted molar refractivity (Wildman–Crippen MR) is 82.5 cm³/mol. The second-order valence-electron chi connectivity index (χ2n) is 3.71. The molecule has 0 spiro atoms. The van der Waals surface area contributed by atoms with E-state index in [1.165, 1.54) is 11.1 Å². The third kappa shape index (κ3) is 8.92. The number of benzene rings is 2. The van der Waals surface area contributed by atoms with Crippen LogP contribution in [0, 0.1) is 0 Å². The number of rotatable bonds is 4. The van der Waals surface area contributed by atoms with Crippen molar-refractivity contribution in [3.05, 3.63) is 71.8 Å². The van der Waals surface area contributed by atoms with Gasteiger partial charge in [0.1, 0.15) is 0 Å². The lowest BCUT2D eigenvalue weighted by atomic mass is 10.1. The van der Waals surface area contributed by atoms with Crippen molar-refractivity contribution in [2.75, 3.05) is 0 Å². The van der Waals surface area contributed by atoms with E-state index < -0.39 is 16.5 Å². The van der Waals surface area contributed by atoms with Gasteiger partial charge in [-0.2, -0.15) is 0 Å². The van der Waals surface area contributed by atoms with Gasteiger partial charge in [-0.15, -0.1) is 9.79 Å².